The van der Waals surface area contributed by atoms with Gasteiger partial charge in [0.1, 0.15) is 6.07 Å². The highest BCUT2D eigenvalue weighted by atomic mass is 16.2. The maximum atomic E-state index is 12.2. The average molecular weight is 286 g/mol. The normalized spacial score (nSPS) is 17.7. The molecule has 112 valence electrons. The predicted molar refractivity (Wildman–Crippen MR) is 82.9 cm³/mol. The van der Waals surface area contributed by atoms with Crippen LogP contribution in [0.15, 0.2) is 24.3 Å². The maximum absolute atomic E-state index is 12.2. The molecule has 1 atom stereocenters. The van der Waals surface area contributed by atoms with Crippen molar-refractivity contribution in [1.29, 1.82) is 5.26 Å². The molecule has 5 nitrogen and oxygen atoms in total. The van der Waals surface area contributed by atoms with Crippen molar-refractivity contribution >= 4 is 11.6 Å². The Balaban J connectivity index is 1.97. The molecule has 1 heterocycles. The van der Waals surface area contributed by atoms with Crippen LogP contribution in [0, 0.1) is 11.3 Å². The van der Waals surface area contributed by atoms with Gasteiger partial charge in [-0.25, -0.2) is 0 Å². The number of rotatable bonds is 6. The molecule has 1 fully saturated rings. The lowest BCUT2D eigenvalue weighted by Crippen LogP contribution is -2.42. The van der Waals surface area contributed by atoms with Crippen molar-refractivity contribution in [3.63, 3.8) is 0 Å². The zero-order valence-corrected chi connectivity index (χ0v) is 12.4. The van der Waals surface area contributed by atoms with Crippen molar-refractivity contribution in [2.45, 2.75) is 25.8 Å². The summed E-state index contributed by atoms with van der Waals surface area (Å²) in [6.45, 7) is 5.38. The maximum Gasteiger partial charge on any atom is 0.238 e. The molecular weight excluding hydrogens is 264 g/mol. The smallest absolute Gasteiger partial charge is 0.238 e. The molecule has 0 aliphatic carbocycles. The lowest BCUT2D eigenvalue weighted by molar-refractivity contribution is -0.117. The van der Waals surface area contributed by atoms with E-state index in [2.05, 4.69) is 28.5 Å². The van der Waals surface area contributed by atoms with Crippen molar-refractivity contribution < 1.29 is 4.79 Å². The predicted octanol–water partition coefficient (Wildman–Crippen LogP) is 1.57. The van der Waals surface area contributed by atoms with Crippen LogP contribution in [-0.2, 0) is 4.79 Å². The average Bonchev–Trinajstić information content (AvgIpc) is 3.01. The Hall–Kier alpha value is -1.90. The van der Waals surface area contributed by atoms with Crippen molar-refractivity contribution in [2.75, 3.05) is 31.5 Å². The molecule has 0 aromatic heterocycles. The molecule has 1 saturated heterocycles. The second-order valence-electron chi connectivity index (χ2n) is 5.32. The Kier molecular flexibility index (Phi) is 5.73. The molecule has 2 N–H and O–H groups in total. The van der Waals surface area contributed by atoms with E-state index in [4.69, 9.17) is 5.26 Å². The van der Waals surface area contributed by atoms with Crippen molar-refractivity contribution in [1.82, 2.24) is 10.2 Å². The number of carbonyl (C=O) groups is 1. The fourth-order valence-corrected chi connectivity index (χ4v) is 2.69. The van der Waals surface area contributed by atoms with Crippen molar-refractivity contribution in [3.05, 3.63) is 29.8 Å². The second-order valence-corrected chi connectivity index (χ2v) is 5.32. The van der Waals surface area contributed by atoms with E-state index in [1.807, 2.05) is 6.07 Å². The minimum atomic E-state index is -0.0574. The van der Waals surface area contributed by atoms with E-state index in [1.54, 1.807) is 18.2 Å². The van der Waals surface area contributed by atoms with Gasteiger partial charge < -0.3 is 10.6 Å². The largest absolute Gasteiger partial charge is 0.324 e. The number of nitrogens with zero attached hydrogens (tertiary/aromatic N) is 2. The number of hydrogen-bond acceptors (Lipinski definition) is 4. The third-order valence-electron chi connectivity index (χ3n) is 3.73. The van der Waals surface area contributed by atoms with Crippen LogP contribution >= 0.6 is 0 Å². The number of benzene rings is 1. The first-order valence-electron chi connectivity index (χ1n) is 7.48. The van der Waals surface area contributed by atoms with Crippen molar-refractivity contribution in [2.24, 2.45) is 0 Å². The van der Waals surface area contributed by atoms with E-state index in [9.17, 15) is 4.79 Å². The van der Waals surface area contributed by atoms with Gasteiger partial charge in [-0.3, -0.25) is 9.69 Å². The highest BCUT2D eigenvalue weighted by Crippen LogP contribution is 2.14. The summed E-state index contributed by atoms with van der Waals surface area (Å²) in [5.41, 5.74) is 1.08. The van der Waals surface area contributed by atoms with Crippen LogP contribution in [0.5, 0.6) is 0 Å². The fraction of sp³-hybridized carbons (Fsp3) is 0.500. The molecule has 2 rings (SSSR count). The molecule has 1 amide bonds. The summed E-state index contributed by atoms with van der Waals surface area (Å²) in [5, 5.41) is 15.2. The van der Waals surface area contributed by atoms with E-state index in [-0.39, 0.29) is 5.91 Å². The first kappa shape index (κ1) is 15.5. The molecule has 1 aliphatic rings. The van der Waals surface area contributed by atoms with Gasteiger partial charge in [0.2, 0.25) is 5.91 Å². The van der Waals surface area contributed by atoms with Gasteiger partial charge in [-0.1, -0.05) is 19.1 Å². The lowest BCUT2D eigenvalue weighted by atomic mass is 10.2. The molecule has 0 spiro atoms. The van der Waals surface area contributed by atoms with Gasteiger partial charge >= 0.3 is 0 Å². The number of hydrogen-bond donors (Lipinski definition) is 2. The Labute approximate surface area is 125 Å². The first-order chi connectivity index (χ1) is 10.2. The highest BCUT2D eigenvalue weighted by molar-refractivity contribution is 5.93. The number of amides is 1. The second kappa shape index (κ2) is 7.77. The Bertz CT molecular complexity index is 517. The zero-order valence-electron chi connectivity index (χ0n) is 12.4. The molecule has 1 aromatic carbocycles. The summed E-state index contributed by atoms with van der Waals surface area (Å²) in [6.07, 6.45) is 2.11. The SMILES string of the molecule is CCCN(CC(=O)Nc1ccccc1C#N)C1CCNC1. The standard InChI is InChI=1S/C16H22N4O/c1-2-9-20(14-7-8-18-11-14)12-16(21)19-15-6-4-3-5-13(15)10-17/h3-6,14,18H,2,7-9,11-12H2,1H3,(H,19,21). The van der Waals surface area contributed by atoms with E-state index >= 15 is 0 Å². The molecule has 0 radical (unpaired) electrons. The lowest BCUT2D eigenvalue weighted by Gasteiger charge is -2.27. The van der Waals surface area contributed by atoms with Gasteiger partial charge in [-0.15, -0.1) is 0 Å². The summed E-state index contributed by atoms with van der Waals surface area (Å²) in [4.78, 5) is 14.5. The Morgan fingerprint density at radius 1 is 1.52 bits per heavy atom. The number of anilines is 1. The van der Waals surface area contributed by atoms with Crippen LogP contribution in [0.4, 0.5) is 5.69 Å². The highest BCUT2D eigenvalue weighted by Gasteiger charge is 2.23. The molecule has 1 unspecified atom stereocenters. The van der Waals surface area contributed by atoms with Crippen LogP contribution in [0.25, 0.3) is 0 Å². The van der Waals surface area contributed by atoms with E-state index < -0.39 is 0 Å². The first-order valence-corrected chi connectivity index (χ1v) is 7.48. The van der Waals surface area contributed by atoms with Gasteiger partial charge in [0.05, 0.1) is 17.8 Å². The zero-order chi connectivity index (χ0) is 15.1. The summed E-state index contributed by atoms with van der Waals surface area (Å²) >= 11 is 0. The molecule has 0 saturated carbocycles. The van der Waals surface area contributed by atoms with Crippen LogP contribution in [-0.4, -0.2) is 43.0 Å². The van der Waals surface area contributed by atoms with E-state index in [1.165, 1.54) is 0 Å². The topological polar surface area (TPSA) is 68.2 Å². The van der Waals surface area contributed by atoms with Gasteiger partial charge in [-0.05, 0) is 38.1 Å². The number of nitriles is 1. The Morgan fingerprint density at radius 2 is 2.33 bits per heavy atom. The number of carbonyl (C=O) groups excluding carboxylic acids is 1. The molecule has 1 aliphatic heterocycles. The Morgan fingerprint density at radius 3 is 3.00 bits per heavy atom. The summed E-state index contributed by atoms with van der Waals surface area (Å²) < 4.78 is 0. The minimum absolute atomic E-state index is 0.0574. The molecule has 5 heteroatoms. The third-order valence-corrected chi connectivity index (χ3v) is 3.73. The summed E-state index contributed by atoms with van der Waals surface area (Å²) in [6, 6.07) is 9.61. The molecular formula is C16H22N4O. The van der Waals surface area contributed by atoms with Gasteiger partial charge in [0.25, 0.3) is 0 Å². The van der Waals surface area contributed by atoms with Gasteiger partial charge in [0.15, 0.2) is 0 Å². The van der Waals surface area contributed by atoms with Crippen LogP contribution < -0.4 is 10.6 Å². The number of para-hydroxylation sites is 1. The summed E-state index contributed by atoms with van der Waals surface area (Å²) in [7, 11) is 0. The van der Waals surface area contributed by atoms with Gasteiger partial charge in [0, 0.05) is 12.6 Å². The van der Waals surface area contributed by atoms with E-state index in [0.29, 0.717) is 23.8 Å². The molecule has 1 aromatic rings. The third kappa shape index (κ3) is 4.28. The number of nitrogens with one attached hydrogen (secondary N) is 2. The fourth-order valence-electron chi connectivity index (χ4n) is 2.69. The van der Waals surface area contributed by atoms with Crippen molar-refractivity contribution in [3.8, 4) is 6.07 Å². The van der Waals surface area contributed by atoms with Gasteiger partial charge in [-0.2, -0.15) is 5.26 Å². The minimum Gasteiger partial charge on any atom is -0.324 e. The van der Waals surface area contributed by atoms with Crippen LogP contribution in [0.1, 0.15) is 25.3 Å². The monoisotopic (exact) mass is 286 g/mol. The van der Waals surface area contributed by atoms with Crippen LogP contribution in [0.2, 0.25) is 0 Å². The van der Waals surface area contributed by atoms with E-state index in [0.717, 1.165) is 32.5 Å². The van der Waals surface area contributed by atoms with Crippen LogP contribution in [0.3, 0.4) is 0 Å². The summed E-state index contributed by atoms with van der Waals surface area (Å²) in [5.74, 6) is -0.0574. The molecule has 21 heavy (non-hydrogen) atoms. The molecule has 0 bridgehead atoms. The quantitative estimate of drug-likeness (QED) is 0.833.